The van der Waals surface area contributed by atoms with Gasteiger partial charge in [-0.05, 0) is 54.2 Å². The first-order chi connectivity index (χ1) is 11.6. The van der Waals surface area contributed by atoms with Gasteiger partial charge in [-0.3, -0.25) is 5.43 Å². The van der Waals surface area contributed by atoms with Crippen LogP contribution in [-0.2, 0) is 0 Å². The summed E-state index contributed by atoms with van der Waals surface area (Å²) in [4.78, 5) is 1.96. The molecule has 0 spiro atoms. The number of hydrazone groups is 1. The van der Waals surface area contributed by atoms with Crippen molar-refractivity contribution in [1.82, 2.24) is 5.43 Å². The third-order valence-electron chi connectivity index (χ3n) is 3.25. The van der Waals surface area contributed by atoms with Gasteiger partial charge in [0.05, 0.1) is 12.8 Å². The van der Waals surface area contributed by atoms with Gasteiger partial charge in [0, 0.05) is 25.0 Å². The number of benzene rings is 2. The Balaban J connectivity index is 1.84. The molecule has 0 radical (unpaired) electrons. The zero-order valence-corrected chi connectivity index (χ0v) is 14.1. The van der Waals surface area contributed by atoms with Crippen LogP contribution >= 0.6 is 12.2 Å². The molecule has 0 atom stereocenters. The van der Waals surface area contributed by atoms with Crippen molar-refractivity contribution in [2.45, 2.75) is 0 Å². The zero-order valence-electron chi connectivity index (χ0n) is 13.2. The van der Waals surface area contributed by atoms with Crippen LogP contribution in [-0.4, -0.2) is 36.6 Å². The fourth-order valence-corrected chi connectivity index (χ4v) is 2.12. The second-order valence-corrected chi connectivity index (χ2v) is 5.48. The van der Waals surface area contributed by atoms with Gasteiger partial charge in [-0.25, -0.2) is 4.39 Å². The van der Waals surface area contributed by atoms with Gasteiger partial charge in [0.1, 0.15) is 5.82 Å². The first kappa shape index (κ1) is 17.8. The van der Waals surface area contributed by atoms with Crippen LogP contribution in [0.5, 0.6) is 0 Å². The van der Waals surface area contributed by atoms with Crippen molar-refractivity contribution in [2.24, 2.45) is 5.10 Å². The molecule has 2 aromatic carbocycles. The Morgan fingerprint density at radius 3 is 2.50 bits per heavy atom. The van der Waals surface area contributed by atoms with Crippen molar-refractivity contribution < 1.29 is 9.50 Å². The van der Waals surface area contributed by atoms with Crippen LogP contribution < -0.4 is 15.6 Å². The Morgan fingerprint density at radius 2 is 1.88 bits per heavy atom. The number of rotatable bonds is 6. The number of halogens is 1. The van der Waals surface area contributed by atoms with E-state index in [4.69, 9.17) is 17.3 Å². The lowest BCUT2D eigenvalue weighted by molar-refractivity contribution is 0.304. The highest BCUT2D eigenvalue weighted by Crippen LogP contribution is 2.12. The van der Waals surface area contributed by atoms with Crippen LogP contribution in [0.1, 0.15) is 5.56 Å². The lowest BCUT2D eigenvalue weighted by atomic mass is 10.2. The molecule has 0 aliphatic rings. The second-order valence-electron chi connectivity index (χ2n) is 5.07. The maximum Gasteiger partial charge on any atom is 0.191 e. The van der Waals surface area contributed by atoms with E-state index in [1.807, 2.05) is 36.2 Å². The SMILES string of the molecule is CN(CCO)c1ccc(/C=N\NC(=S)Nc2ccc(F)cc2)cc1. The van der Waals surface area contributed by atoms with Gasteiger partial charge in [0.15, 0.2) is 5.11 Å². The van der Waals surface area contributed by atoms with Crippen molar-refractivity contribution in [3.8, 4) is 0 Å². The molecule has 3 N–H and O–H groups in total. The van der Waals surface area contributed by atoms with Gasteiger partial charge >= 0.3 is 0 Å². The molecule has 0 aliphatic carbocycles. The number of nitrogens with one attached hydrogen (secondary N) is 2. The third-order valence-corrected chi connectivity index (χ3v) is 3.44. The van der Waals surface area contributed by atoms with Crippen LogP contribution in [0.3, 0.4) is 0 Å². The molecule has 24 heavy (non-hydrogen) atoms. The van der Waals surface area contributed by atoms with E-state index < -0.39 is 0 Å². The Bertz CT molecular complexity index is 689. The van der Waals surface area contributed by atoms with Gasteiger partial charge in [-0.1, -0.05) is 12.1 Å². The average Bonchev–Trinajstić information content (AvgIpc) is 2.58. The van der Waals surface area contributed by atoms with Gasteiger partial charge in [0.2, 0.25) is 0 Å². The minimum Gasteiger partial charge on any atom is -0.395 e. The normalized spacial score (nSPS) is 10.6. The fraction of sp³-hybridized carbons (Fsp3) is 0.176. The molecule has 0 unspecified atom stereocenters. The van der Waals surface area contributed by atoms with Crippen molar-refractivity contribution in [3.05, 3.63) is 59.9 Å². The van der Waals surface area contributed by atoms with Crippen molar-refractivity contribution in [3.63, 3.8) is 0 Å². The topological polar surface area (TPSA) is 59.9 Å². The van der Waals surface area contributed by atoms with Crippen molar-refractivity contribution in [2.75, 3.05) is 30.4 Å². The first-order valence-corrected chi connectivity index (χ1v) is 7.77. The Morgan fingerprint density at radius 1 is 1.21 bits per heavy atom. The summed E-state index contributed by atoms with van der Waals surface area (Å²) in [6.07, 6.45) is 1.65. The predicted octanol–water partition coefficient (Wildman–Crippen LogP) is 2.57. The van der Waals surface area contributed by atoms with E-state index in [2.05, 4.69) is 15.8 Å². The molecule has 0 amide bonds. The minimum atomic E-state index is -0.300. The van der Waals surface area contributed by atoms with Gasteiger partial charge in [-0.2, -0.15) is 5.10 Å². The lowest BCUT2D eigenvalue weighted by Crippen LogP contribution is -2.23. The number of aliphatic hydroxyl groups is 1. The zero-order chi connectivity index (χ0) is 17.4. The number of anilines is 2. The maximum atomic E-state index is 12.8. The van der Waals surface area contributed by atoms with E-state index in [9.17, 15) is 4.39 Å². The van der Waals surface area contributed by atoms with Crippen LogP contribution in [0.25, 0.3) is 0 Å². The number of hydrogen-bond donors (Lipinski definition) is 3. The van der Waals surface area contributed by atoms with E-state index in [-0.39, 0.29) is 12.4 Å². The van der Waals surface area contributed by atoms with Crippen molar-refractivity contribution >= 4 is 34.9 Å². The van der Waals surface area contributed by atoms with E-state index in [0.717, 1.165) is 11.3 Å². The molecule has 2 aromatic rings. The Hall–Kier alpha value is -2.51. The highest BCUT2D eigenvalue weighted by atomic mass is 32.1. The predicted molar refractivity (Wildman–Crippen MR) is 100 cm³/mol. The number of nitrogens with zero attached hydrogens (tertiary/aromatic N) is 2. The van der Waals surface area contributed by atoms with Crippen LogP contribution in [0.15, 0.2) is 53.6 Å². The van der Waals surface area contributed by atoms with E-state index in [1.165, 1.54) is 12.1 Å². The fourth-order valence-electron chi connectivity index (χ4n) is 1.95. The maximum absolute atomic E-state index is 12.8. The Labute approximate surface area is 145 Å². The third kappa shape index (κ3) is 5.60. The van der Waals surface area contributed by atoms with Gasteiger partial charge < -0.3 is 15.3 Å². The number of hydrogen-bond acceptors (Lipinski definition) is 4. The van der Waals surface area contributed by atoms with Gasteiger partial charge in [0.25, 0.3) is 0 Å². The summed E-state index contributed by atoms with van der Waals surface area (Å²) < 4.78 is 12.8. The second kappa shape index (κ2) is 8.95. The largest absolute Gasteiger partial charge is 0.395 e. The van der Waals surface area contributed by atoms with E-state index in [1.54, 1.807) is 18.3 Å². The minimum absolute atomic E-state index is 0.113. The first-order valence-electron chi connectivity index (χ1n) is 7.36. The molecule has 0 bridgehead atoms. The molecule has 0 saturated heterocycles. The molecule has 0 heterocycles. The molecule has 5 nitrogen and oxygen atoms in total. The number of likely N-dealkylation sites (N-methyl/N-ethyl adjacent to an activating group) is 1. The smallest absolute Gasteiger partial charge is 0.191 e. The molecule has 0 aliphatic heterocycles. The summed E-state index contributed by atoms with van der Waals surface area (Å²) in [7, 11) is 1.92. The standard InChI is InChI=1S/C17H19FN4OS/c1-22(10-11-23)16-8-2-13(3-9-16)12-19-21-17(24)20-15-6-4-14(18)5-7-15/h2-9,12,23H,10-11H2,1H3,(H2,20,21,24)/b19-12-. The molecule has 0 aromatic heterocycles. The highest BCUT2D eigenvalue weighted by Gasteiger charge is 1.99. The number of aliphatic hydroxyl groups excluding tert-OH is 1. The summed E-state index contributed by atoms with van der Waals surface area (Å²) in [5.41, 5.74) is 5.31. The van der Waals surface area contributed by atoms with Crippen LogP contribution in [0, 0.1) is 5.82 Å². The van der Waals surface area contributed by atoms with E-state index >= 15 is 0 Å². The lowest BCUT2D eigenvalue weighted by Gasteiger charge is -2.17. The Kier molecular flexibility index (Phi) is 6.65. The summed E-state index contributed by atoms with van der Waals surface area (Å²) in [5.74, 6) is -0.300. The molecule has 0 saturated carbocycles. The van der Waals surface area contributed by atoms with Crippen molar-refractivity contribution in [1.29, 1.82) is 0 Å². The summed E-state index contributed by atoms with van der Waals surface area (Å²) in [6, 6.07) is 13.6. The highest BCUT2D eigenvalue weighted by molar-refractivity contribution is 7.80. The summed E-state index contributed by atoms with van der Waals surface area (Å²) in [6.45, 7) is 0.695. The molecule has 2 rings (SSSR count). The average molecular weight is 346 g/mol. The molecular weight excluding hydrogens is 327 g/mol. The van der Waals surface area contributed by atoms with Gasteiger partial charge in [-0.15, -0.1) is 0 Å². The summed E-state index contributed by atoms with van der Waals surface area (Å²) >= 11 is 5.11. The molecule has 0 fully saturated rings. The number of thiocarbonyl (C=S) groups is 1. The molecule has 7 heteroatoms. The van der Waals surface area contributed by atoms with Crippen LogP contribution in [0.2, 0.25) is 0 Å². The molecular formula is C17H19FN4OS. The van der Waals surface area contributed by atoms with Crippen LogP contribution in [0.4, 0.5) is 15.8 Å². The quantitative estimate of drug-likeness (QED) is 0.426. The molecule has 126 valence electrons. The van der Waals surface area contributed by atoms with E-state index in [0.29, 0.717) is 17.3 Å². The monoisotopic (exact) mass is 346 g/mol. The summed E-state index contributed by atoms with van der Waals surface area (Å²) in [5, 5.41) is 16.2.